The summed E-state index contributed by atoms with van der Waals surface area (Å²) in [4.78, 5) is 116. The molecule has 10 rings (SSSR count). The van der Waals surface area contributed by atoms with Crippen molar-refractivity contribution in [2.24, 2.45) is 0 Å². The van der Waals surface area contributed by atoms with Crippen LogP contribution < -0.4 is 0 Å². The molecule has 0 amide bonds. The van der Waals surface area contributed by atoms with Crippen molar-refractivity contribution in [2.75, 3.05) is 0 Å². The van der Waals surface area contributed by atoms with Gasteiger partial charge < -0.3 is 47.4 Å². The molecule has 0 aromatic heterocycles. The smallest absolute Gasteiger partial charge is 0.335 e. The molecule has 97 heavy (non-hydrogen) atoms. The van der Waals surface area contributed by atoms with Gasteiger partial charge in [0, 0.05) is 55.7 Å². The Kier molecular flexibility index (Phi) is 33.2. The summed E-state index contributed by atoms with van der Waals surface area (Å²) >= 11 is 0. The Morgan fingerprint density at radius 3 is 0.742 bits per heavy atom. The standard InChI is InChI=1S/C16H20O4.C15H18O4.C14H20O4.C14H16O4.C9H14O2.C9H12O2/c1-3-11-5-7-13(19-15(11)17)9-10-14-8-6-12(4-2)16(18)20-14;1-3-10-5-8-13(19-14(10)16)9-11-6-7-12(4-2)18-15(11)17;2*1-3-9-5-7-11(13(15)17-9)12-8-6-10(4-2)18-14(12)16;2*1-3-7-5-6-8(4-2)11-9(7)10/h3-4,9-10,13-14H,5-8H2,1-2H3;3-4,9,12-13H,2,5-8H2,1H3;9-10H,3-8H2,1-2H3;3-4,9-10H,1-2,5-8H2;3,8H,4-6H2,1-2H3;3-4,8H,2,5-6H2,1H3/b10-9+,11-3+,12-4+;10-3+,11-9+;2*12-11-;2*7-3+. The number of rotatable bonds is 10. The molecule has 0 aromatic carbocycles. The van der Waals surface area contributed by atoms with E-state index in [-0.39, 0.29) is 109 Å². The van der Waals surface area contributed by atoms with Crippen molar-refractivity contribution in [3.05, 3.63) is 155 Å². The van der Waals surface area contributed by atoms with Crippen LogP contribution in [0.5, 0.6) is 0 Å². The van der Waals surface area contributed by atoms with Crippen LogP contribution in [0.1, 0.15) is 203 Å². The van der Waals surface area contributed by atoms with E-state index in [4.69, 9.17) is 47.4 Å². The summed E-state index contributed by atoms with van der Waals surface area (Å²) in [5.41, 5.74) is 6.37. The molecule has 528 valence electrons. The predicted octanol–water partition coefficient (Wildman–Crippen LogP) is 13.8. The van der Waals surface area contributed by atoms with Crippen molar-refractivity contribution in [1.82, 2.24) is 0 Å². The molecule has 0 spiro atoms. The fourth-order valence-corrected chi connectivity index (χ4v) is 11.7. The van der Waals surface area contributed by atoms with Gasteiger partial charge in [-0.3, -0.25) is 0 Å². The molecule has 0 radical (unpaired) electrons. The zero-order valence-corrected chi connectivity index (χ0v) is 58.0. The zero-order valence-electron chi connectivity index (χ0n) is 58.0. The molecule has 0 aliphatic carbocycles. The summed E-state index contributed by atoms with van der Waals surface area (Å²) in [5.74, 6) is -2.91. The van der Waals surface area contributed by atoms with Crippen LogP contribution in [0.15, 0.2) is 155 Å². The molecule has 10 aliphatic heterocycles. The normalized spacial score (nSPS) is 31.4. The van der Waals surface area contributed by atoms with Gasteiger partial charge in [0.1, 0.15) is 61.0 Å². The number of hydrogen-bond donors (Lipinski definition) is 0. The molecule has 10 unspecified atom stereocenters. The summed E-state index contributed by atoms with van der Waals surface area (Å²) < 4.78 is 52.1. The van der Waals surface area contributed by atoms with Gasteiger partial charge in [-0.25, -0.2) is 47.9 Å². The van der Waals surface area contributed by atoms with E-state index in [0.717, 1.165) is 112 Å². The van der Waals surface area contributed by atoms with Crippen LogP contribution in [-0.2, 0) is 95.3 Å². The third-order valence-corrected chi connectivity index (χ3v) is 18.0. The summed E-state index contributed by atoms with van der Waals surface area (Å²) in [6, 6.07) is 0. The van der Waals surface area contributed by atoms with Crippen molar-refractivity contribution >= 4 is 59.7 Å². The van der Waals surface area contributed by atoms with Crippen LogP contribution in [0.25, 0.3) is 0 Å². The second-order valence-electron chi connectivity index (χ2n) is 24.3. The summed E-state index contributed by atoms with van der Waals surface area (Å²) in [5, 5.41) is 0. The number of esters is 10. The van der Waals surface area contributed by atoms with Crippen molar-refractivity contribution in [3.8, 4) is 0 Å². The molecule has 10 atom stereocenters. The van der Waals surface area contributed by atoms with Gasteiger partial charge in [-0.05, 0) is 201 Å². The van der Waals surface area contributed by atoms with E-state index in [1.165, 1.54) is 0 Å². The third kappa shape index (κ3) is 24.1. The number of carbonyl (C=O) groups is 10. The van der Waals surface area contributed by atoms with Crippen molar-refractivity contribution < 1.29 is 95.3 Å². The SMILES string of the molecule is C/C=C1\CCC(/C=C/C2CC/C(=C\C)C(=O)O2)OC1=O.C/C=C1\CCC(CC)OC1=O.C=CC1CC/C(=C2\CCC(C=C)OC2=O)C(=O)O1.C=CC1CC/C(=C\C)C(=O)O1.C=CC1CC/C(=C\C2CC/C(=C\C)C(=O)O2)C(=O)O1.CCC1CC/C(=C2\CCC(CC)OC2=O)C(=O)O1. The molecule has 10 aliphatic rings. The molecule has 10 saturated heterocycles. The first kappa shape index (κ1) is 79.0. The lowest BCUT2D eigenvalue weighted by Crippen LogP contribution is -2.31. The van der Waals surface area contributed by atoms with E-state index < -0.39 is 11.9 Å². The van der Waals surface area contributed by atoms with Gasteiger partial charge >= 0.3 is 59.7 Å². The first-order valence-corrected chi connectivity index (χ1v) is 34.3. The quantitative estimate of drug-likeness (QED) is 0.0851. The van der Waals surface area contributed by atoms with Gasteiger partial charge in [0.2, 0.25) is 0 Å². The average Bonchev–Trinajstić information content (AvgIpc) is 0.859. The maximum atomic E-state index is 11.9. The van der Waals surface area contributed by atoms with Gasteiger partial charge in [0.05, 0.1) is 0 Å². The van der Waals surface area contributed by atoms with E-state index in [0.29, 0.717) is 91.2 Å². The topological polar surface area (TPSA) is 263 Å². The first-order valence-electron chi connectivity index (χ1n) is 34.3. The summed E-state index contributed by atoms with van der Waals surface area (Å²) in [7, 11) is 0. The minimum Gasteiger partial charge on any atom is -0.459 e. The van der Waals surface area contributed by atoms with Crippen LogP contribution >= 0.6 is 0 Å². The molecule has 10 fully saturated rings. The Balaban J connectivity index is 0.000000213. The highest BCUT2D eigenvalue weighted by Crippen LogP contribution is 2.33. The summed E-state index contributed by atoms with van der Waals surface area (Å²) in [6.45, 7) is 29.6. The maximum absolute atomic E-state index is 11.9. The Morgan fingerprint density at radius 1 is 0.268 bits per heavy atom. The van der Waals surface area contributed by atoms with Crippen LogP contribution in [0.3, 0.4) is 0 Å². The fraction of sp³-hybridized carbons (Fsp3) is 0.532. The molecule has 0 aromatic rings. The zero-order chi connectivity index (χ0) is 71.1. The van der Waals surface area contributed by atoms with Crippen molar-refractivity contribution in [2.45, 2.75) is 264 Å². The molecular formula is C77H100O20. The molecule has 0 bridgehead atoms. The number of carbonyl (C=O) groups excluding carboxylic acids is 10. The first-order chi connectivity index (χ1) is 46.6. The molecule has 20 heteroatoms. The van der Waals surface area contributed by atoms with E-state index in [1.807, 2.05) is 79.7 Å². The van der Waals surface area contributed by atoms with Crippen LogP contribution in [0.4, 0.5) is 0 Å². The highest BCUT2D eigenvalue weighted by atomic mass is 16.6. The summed E-state index contributed by atoms with van der Waals surface area (Å²) in [6.07, 6.45) is 36.8. The van der Waals surface area contributed by atoms with Gasteiger partial charge in [0.15, 0.2) is 0 Å². The van der Waals surface area contributed by atoms with Crippen LogP contribution in [-0.4, -0.2) is 121 Å². The minimum absolute atomic E-state index is 0.00449. The molecule has 0 N–H and O–H groups in total. The third-order valence-electron chi connectivity index (χ3n) is 18.0. The highest BCUT2D eigenvalue weighted by Gasteiger charge is 2.36. The number of hydrogen-bond acceptors (Lipinski definition) is 20. The van der Waals surface area contributed by atoms with Gasteiger partial charge in [-0.15, -0.1) is 0 Å². The molecular weight excluding hydrogens is 1240 g/mol. The lowest BCUT2D eigenvalue weighted by atomic mass is 9.92. The van der Waals surface area contributed by atoms with Crippen molar-refractivity contribution in [1.29, 1.82) is 0 Å². The number of ether oxygens (including phenoxy) is 10. The average molecular weight is 1350 g/mol. The van der Waals surface area contributed by atoms with Gasteiger partial charge in [0.25, 0.3) is 0 Å². The van der Waals surface area contributed by atoms with Crippen molar-refractivity contribution in [3.63, 3.8) is 0 Å². The molecule has 10 heterocycles. The predicted molar refractivity (Wildman–Crippen MR) is 363 cm³/mol. The Morgan fingerprint density at radius 2 is 0.474 bits per heavy atom. The lowest BCUT2D eigenvalue weighted by Gasteiger charge is -2.28. The monoisotopic (exact) mass is 1340 g/mol. The van der Waals surface area contributed by atoms with Crippen LogP contribution in [0, 0.1) is 0 Å². The van der Waals surface area contributed by atoms with E-state index in [2.05, 4.69) is 26.3 Å². The maximum Gasteiger partial charge on any atom is 0.335 e. The Labute approximate surface area is 571 Å². The molecule has 20 nitrogen and oxygen atoms in total. The fourth-order valence-electron chi connectivity index (χ4n) is 11.7. The molecule has 0 saturated carbocycles. The number of cyclic esters (lactones) is 10. The van der Waals surface area contributed by atoms with E-state index in [1.54, 1.807) is 48.6 Å². The second-order valence-corrected chi connectivity index (χ2v) is 24.3. The largest absolute Gasteiger partial charge is 0.459 e. The van der Waals surface area contributed by atoms with E-state index in [9.17, 15) is 47.9 Å². The van der Waals surface area contributed by atoms with Gasteiger partial charge in [-0.2, -0.15) is 0 Å². The lowest BCUT2D eigenvalue weighted by molar-refractivity contribution is -0.152. The van der Waals surface area contributed by atoms with E-state index >= 15 is 0 Å². The Bertz CT molecular complexity index is 3090. The Hall–Kier alpha value is -8.68. The highest BCUT2D eigenvalue weighted by molar-refractivity contribution is 6.02. The second kappa shape index (κ2) is 40.8. The number of allylic oxidation sites excluding steroid dienone is 5. The minimum atomic E-state index is -0.421. The van der Waals surface area contributed by atoms with Gasteiger partial charge in [-0.1, -0.05) is 102 Å². The van der Waals surface area contributed by atoms with Crippen LogP contribution in [0.2, 0.25) is 0 Å².